The summed E-state index contributed by atoms with van der Waals surface area (Å²) in [5, 5.41) is 17.6. The van der Waals surface area contributed by atoms with E-state index in [1.165, 1.54) is 22.3 Å². The van der Waals surface area contributed by atoms with E-state index in [0.29, 0.717) is 24.3 Å². The Kier molecular flexibility index (Phi) is 8.05. The maximum atomic E-state index is 12.7. The average molecular weight is 545 g/mol. The fourth-order valence-corrected chi connectivity index (χ4v) is 5.67. The molecule has 1 N–H and O–H groups in total. The van der Waals surface area contributed by atoms with E-state index >= 15 is 0 Å². The molecule has 0 fully saturated rings. The zero-order valence-electron chi connectivity index (χ0n) is 21.2. The van der Waals surface area contributed by atoms with Crippen molar-refractivity contribution in [2.45, 2.75) is 32.6 Å². The second-order valence-electron chi connectivity index (χ2n) is 8.87. The molecule has 9 heteroatoms. The van der Waals surface area contributed by atoms with E-state index in [-0.39, 0.29) is 11.4 Å². The molecule has 38 heavy (non-hydrogen) atoms. The third kappa shape index (κ3) is 5.74. The normalized spacial score (nSPS) is 16.8. The summed E-state index contributed by atoms with van der Waals surface area (Å²) in [7, 11) is 0. The lowest BCUT2D eigenvalue weighted by molar-refractivity contribution is -0.114. The van der Waals surface area contributed by atoms with E-state index in [4.69, 9.17) is 14.9 Å². The van der Waals surface area contributed by atoms with Crippen LogP contribution in [0, 0.1) is 5.41 Å². The van der Waals surface area contributed by atoms with Crippen LogP contribution in [-0.2, 0) is 4.79 Å². The molecule has 1 amide bonds. The van der Waals surface area contributed by atoms with Crippen LogP contribution in [0.15, 0.2) is 81.7 Å². The van der Waals surface area contributed by atoms with Crippen LogP contribution in [0.25, 0.3) is 6.08 Å². The fraction of sp³-hybridized carbons (Fsp3) is 0.241. The summed E-state index contributed by atoms with van der Waals surface area (Å²) in [4.78, 5) is 17.8. The van der Waals surface area contributed by atoms with Gasteiger partial charge in [0.2, 0.25) is 5.17 Å². The smallest absolute Gasteiger partial charge is 0.283 e. The van der Waals surface area contributed by atoms with Crippen LogP contribution in [0.3, 0.4) is 0 Å². The van der Waals surface area contributed by atoms with Crippen molar-refractivity contribution in [1.29, 1.82) is 5.41 Å². The number of nitrogens with one attached hydrogen (secondary N) is 1. The van der Waals surface area contributed by atoms with E-state index in [1.807, 2.05) is 53.9 Å². The van der Waals surface area contributed by atoms with Gasteiger partial charge in [0, 0.05) is 6.42 Å². The summed E-state index contributed by atoms with van der Waals surface area (Å²) < 4.78 is 11.9. The van der Waals surface area contributed by atoms with Crippen LogP contribution >= 0.6 is 23.1 Å². The minimum Gasteiger partial charge on any atom is -0.493 e. The Hall–Kier alpha value is -3.69. The van der Waals surface area contributed by atoms with E-state index in [2.05, 4.69) is 36.1 Å². The molecule has 2 aliphatic heterocycles. The minimum atomic E-state index is -0.438. The Labute approximate surface area is 230 Å². The molecular formula is C29H28N4O3S2. The number of para-hydroxylation sites is 1. The molecule has 1 atom stereocenters. The first kappa shape index (κ1) is 25.9. The first-order valence-corrected chi connectivity index (χ1v) is 14.2. The third-order valence-electron chi connectivity index (χ3n) is 6.25. The fourth-order valence-electron chi connectivity index (χ4n) is 3.99. The molecule has 0 bridgehead atoms. The molecule has 0 saturated carbocycles. The highest BCUT2D eigenvalue weighted by molar-refractivity contribution is 8.27. The van der Waals surface area contributed by atoms with Crippen LogP contribution in [0.5, 0.6) is 11.5 Å². The Morgan fingerprint density at radius 3 is 2.61 bits per heavy atom. The second kappa shape index (κ2) is 11.8. The van der Waals surface area contributed by atoms with Gasteiger partial charge in [0.25, 0.3) is 5.91 Å². The van der Waals surface area contributed by atoms with Gasteiger partial charge in [0.1, 0.15) is 16.5 Å². The molecule has 2 aliphatic rings. The molecular weight excluding hydrogens is 516 g/mol. The van der Waals surface area contributed by atoms with Crippen LogP contribution in [0.4, 0.5) is 0 Å². The van der Waals surface area contributed by atoms with E-state index in [9.17, 15) is 4.79 Å². The molecule has 1 aromatic heterocycles. The average Bonchev–Trinajstić information content (AvgIpc) is 3.62. The zero-order chi connectivity index (χ0) is 26.5. The second-order valence-corrected chi connectivity index (χ2v) is 10.8. The lowest BCUT2D eigenvalue weighted by Crippen LogP contribution is -2.35. The van der Waals surface area contributed by atoms with Gasteiger partial charge in [-0.05, 0) is 70.9 Å². The highest BCUT2D eigenvalue weighted by Crippen LogP contribution is 2.32. The van der Waals surface area contributed by atoms with Gasteiger partial charge < -0.3 is 9.47 Å². The van der Waals surface area contributed by atoms with Crippen LogP contribution in [-0.4, -0.2) is 40.2 Å². The van der Waals surface area contributed by atoms with Gasteiger partial charge in [-0.15, -0.1) is 11.3 Å². The van der Waals surface area contributed by atoms with Gasteiger partial charge in [0.15, 0.2) is 5.84 Å². The molecule has 0 radical (unpaired) electrons. The molecule has 194 valence electrons. The number of amidine groups is 2. The van der Waals surface area contributed by atoms with Crippen molar-refractivity contribution in [2.24, 2.45) is 10.1 Å². The molecule has 0 saturated heterocycles. The van der Waals surface area contributed by atoms with E-state index in [1.54, 1.807) is 17.4 Å². The Morgan fingerprint density at radius 2 is 1.84 bits per heavy atom. The van der Waals surface area contributed by atoms with Gasteiger partial charge in [0.05, 0.1) is 23.7 Å². The summed E-state index contributed by atoms with van der Waals surface area (Å²) in [5.74, 6) is 1.72. The lowest BCUT2D eigenvalue weighted by Gasteiger charge is -2.20. The number of amides is 1. The molecule has 3 aromatic rings. The Morgan fingerprint density at radius 1 is 1.05 bits per heavy atom. The first-order valence-electron chi connectivity index (χ1n) is 12.5. The number of nitrogens with zero attached hydrogens (tertiary/aromatic N) is 3. The van der Waals surface area contributed by atoms with Gasteiger partial charge in [-0.1, -0.05) is 50.2 Å². The summed E-state index contributed by atoms with van der Waals surface area (Å²) in [6, 6.07) is 19.5. The number of thiophene rings is 1. The molecule has 0 unspecified atom stereocenters. The van der Waals surface area contributed by atoms with Crippen molar-refractivity contribution in [3.63, 3.8) is 0 Å². The first-order chi connectivity index (χ1) is 18.5. The number of thioether (sulfide) groups is 1. The number of aliphatic imine (C=N–C) groups is 1. The third-order valence-corrected chi connectivity index (χ3v) is 8.20. The SMILES string of the molecule is CC[C@H](C)c1ccccc1OCCCOc1ccc(/C=C2/C(=N)N3N=C(c4cccs4)SC3=NC2=O)cc1. The maximum Gasteiger partial charge on any atom is 0.283 e. The summed E-state index contributed by atoms with van der Waals surface area (Å²) in [6.07, 6.45) is 3.50. The molecule has 7 nitrogen and oxygen atoms in total. The number of hydrogen-bond acceptors (Lipinski definition) is 7. The summed E-state index contributed by atoms with van der Waals surface area (Å²) in [6.45, 7) is 5.50. The monoisotopic (exact) mass is 544 g/mol. The van der Waals surface area contributed by atoms with Crippen LogP contribution in [0.2, 0.25) is 0 Å². The van der Waals surface area contributed by atoms with Gasteiger partial charge in [-0.3, -0.25) is 10.2 Å². The number of hydrogen-bond donors (Lipinski definition) is 1. The summed E-state index contributed by atoms with van der Waals surface area (Å²) in [5.41, 5.74) is 2.22. The van der Waals surface area contributed by atoms with Crippen molar-refractivity contribution < 1.29 is 14.3 Å². The maximum absolute atomic E-state index is 12.7. The van der Waals surface area contributed by atoms with E-state index < -0.39 is 5.91 Å². The molecule has 3 heterocycles. The predicted octanol–water partition coefficient (Wildman–Crippen LogP) is 6.78. The predicted molar refractivity (Wildman–Crippen MR) is 156 cm³/mol. The Balaban J connectivity index is 1.15. The Bertz CT molecular complexity index is 1410. The van der Waals surface area contributed by atoms with Gasteiger partial charge in [-0.25, -0.2) is 0 Å². The highest BCUT2D eigenvalue weighted by atomic mass is 32.2. The van der Waals surface area contributed by atoms with E-state index in [0.717, 1.165) is 39.8 Å². The molecule has 0 spiro atoms. The summed E-state index contributed by atoms with van der Waals surface area (Å²) >= 11 is 2.86. The van der Waals surface area contributed by atoms with Crippen LogP contribution < -0.4 is 9.47 Å². The minimum absolute atomic E-state index is 0.0225. The van der Waals surface area contributed by atoms with Gasteiger partial charge in [-0.2, -0.15) is 15.1 Å². The van der Waals surface area contributed by atoms with Crippen molar-refractivity contribution in [2.75, 3.05) is 13.2 Å². The van der Waals surface area contributed by atoms with Crippen molar-refractivity contribution in [3.05, 3.63) is 87.6 Å². The molecule has 5 rings (SSSR count). The zero-order valence-corrected chi connectivity index (χ0v) is 22.8. The number of carbonyl (C=O) groups excluding carboxylic acids is 1. The molecule has 2 aromatic carbocycles. The van der Waals surface area contributed by atoms with Crippen molar-refractivity contribution in [1.82, 2.24) is 5.01 Å². The number of carbonyl (C=O) groups is 1. The lowest BCUT2D eigenvalue weighted by atomic mass is 9.98. The van der Waals surface area contributed by atoms with Crippen molar-refractivity contribution in [3.8, 4) is 11.5 Å². The largest absolute Gasteiger partial charge is 0.493 e. The number of hydrazone groups is 1. The number of benzene rings is 2. The molecule has 0 aliphatic carbocycles. The quantitative estimate of drug-likeness (QED) is 0.225. The van der Waals surface area contributed by atoms with Gasteiger partial charge >= 0.3 is 0 Å². The number of rotatable bonds is 10. The number of fused-ring (bicyclic) bond motifs is 1. The standard InChI is InChI=1S/C29H28N4O3S2/c1-3-19(2)22-8-4-5-9-24(22)36-16-7-15-35-21-13-11-20(12-14-21)18-23-26(30)33-29(31-27(23)34)38-28(32-33)25-10-6-17-37-25/h4-6,8-14,17-19,30H,3,7,15-16H2,1-2H3/b23-18-,30-26?/t19-/m0/s1. The van der Waals surface area contributed by atoms with Crippen LogP contribution in [0.1, 0.15) is 48.6 Å². The number of ether oxygens (including phenoxy) is 2. The highest BCUT2D eigenvalue weighted by Gasteiger charge is 2.36. The topological polar surface area (TPSA) is 87.3 Å². The van der Waals surface area contributed by atoms with Crippen molar-refractivity contribution >= 4 is 51.1 Å².